The number of rotatable bonds is 3. The van der Waals surface area contributed by atoms with Crippen LogP contribution < -0.4 is 0 Å². The van der Waals surface area contributed by atoms with Gasteiger partial charge >= 0.3 is 0 Å². The fraction of sp³-hybridized carbons (Fsp3) is 0.667. The number of hydrogen-bond acceptors (Lipinski definition) is 2. The fourth-order valence-electron chi connectivity index (χ4n) is 2.43. The maximum atomic E-state index is 5.21. The van der Waals surface area contributed by atoms with Crippen molar-refractivity contribution in [3.05, 3.63) is 16.9 Å². The zero-order valence-electron chi connectivity index (χ0n) is 7.46. The second-order valence-corrected chi connectivity index (χ2v) is 5.12. The van der Waals surface area contributed by atoms with E-state index < -0.39 is 0 Å². The first-order chi connectivity index (χ1) is 6.22. The van der Waals surface area contributed by atoms with Crippen molar-refractivity contribution < 1.29 is 4.74 Å². The van der Waals surface area contributed by atoms with E-state index in [9.17, 15) is 0 Å². The fourth-order valence-corrected chi connectivity index (χ4v) is 2.72. The largest absolute Gasteiger partial charge is 0.384 e. The Balaban J connectivity index is 1.84. The molecule has 1 heterocycles. The van der Waals surface area contributed by atoms with Gasteiger partial charge in [0, 0.05) is 18.7 Å². The van der Waals surface area contributed by atoms with Gasteiger partial charge in [-0.2, -0.15) is 5.10 Å². The lowest BCUT2D eigenvalue weighted by Crippen LogP contribution is -2.06. The maximum absolute atomic E-state index is 5.21. The molecule has 2 aliphatic carbocycles. The standard InChI is InChI=1S/C9H11BrN2O/c1-13-6-8-4-9(8,5-8)12-3-7(10)2-11-12/h2-3H,4-6H2,1H3. The molecule has 2 saturated carbocycles. The number of methoxy groups -OCH3 is 1. The Morgan fingerprint density at radius 1 is 1.69 bits per heavy atom. The molecule has 0 radical (unpaired) electrons. The van der Waals surface area contributed by atoms with Crippen LogP contribution in [-0.4, -0.2) is 23.5 Å². The van der Waals surface area contributed by atoms with Crippen LogP contribution in [0.1, 0.15) is 12.8 Å². The smallest absolute Gasteiger partial charge is 0.0721 e. The predicted molar refractivity (Wildman–Crippen MR) is 51.4 cm³/mol. The molecule has 0 N–H and O–H groups in total. The van der Waals surface area contributed by atoms with Crippen molar-refractivity contribution in [2.24, 2.45) is 5.41 Å². The minimum absolute atomic E-state index is 0.328. The van der Waals surface area contributed by atoms with E-state index in [1.807, 2.05) is 6.20 Å². The topological polar surface area (TPSA) is 27.1 Å². The van der Waals surface area contributed by atoms with E-state index in [0.29, 0.717) is 11.0 Å². The van der Waals surface area contributed by atoms with Crippen molar-refractivity contribution in [1.82, 2.24) is 9.78 Å². The monoisotopic (exact) mass is 242 g/mol. The van der Waals surface area contributed by atoms with Crippen LogP contribution in [0, 0.1) is 5.41 Å². The van der Waals surface area contributed by atoms with E-state index in [2.05, 4.69) is 31.9 Å². The van der Waals surface area contributed by atoms with Gasteiger partial charge in [-0.3, -0.25) is 4.68 Å². The summed E-state index contributed by atoms with van der Waals surface area (Å²) < 4.78 is 8.37. The number of nitrogens with zero attached hydrogens (tertiary/aromatic N) is 2. The van der Waals surface area contributed by atoms with Crippen LogP contribution in [0.5, 0.6) is 0 Å². The van der Waals surface area contributed by atoms with E-state index in [4.69, 9.17) is 4.74 Å². The van der Waals surface area contributed by atoms with Gasteiger partial charge in [-0.05, 0) is 28.8 Å². The summed E-state index contributed by atoms with van der Waals surface area (Å²) in [5, 5.41) is 4.33. The maximum Gasteiger partial charge on any atom is 0.0721 e. The number of aromatic nitrogens is 2. The highest BCUT2D eigenvalue weighted by Crippen LogP contribution is 2.83. The van der Waals surface area contributed by atoms with Crippen molar-refractivity contribution in [3.8, 4) is 0 Å². The second-order valence-electron chi connectivity index (χ2n) is 4.20. The molecule has 0 aromatic carbocycles. The number of fused-ring (bicyclic) bond motifs is 1. The summed E-state index contributed by atoms with van der Waals surface area (Å²) in [7, 11) is 1.77. The number of hydrogen-bond donors (Lipinski definition) is 0. The first kappa shape index (κ1) is 8.00. The van der Waals surface area contributed by atoms with Gasteiger partial charge in [0.25, 0.3) is 0 Å². The summed E-state index contributed by atoms with van der Waals surface area (Å²) >= 11 is 3.41. The van der Waals surface area contributed by atoms with Crippen LogP contribution in [0.4, 0.5) is 0 Å². The molecule has 4 heteroatoms. The number of ether oxygens (including phenoxy) is 1. The predicted octanol–water partition coefficient (Wildman–Crippen LogP) is 1.78. The van der Waals surface area contributed by atoms with Crippen molar-refractivity contribution in [2.75, 3.05) is 13.7 Å². The van der Waals surface area contributed by atoms with E-state index in [-0.39, 0.29) is 0 Å². The van der Waals surface area contributed by atoms with Crippen molar-refractivity contribution in [1.29, 1.82) is 0 Å². The first-order valence-electron chi connectivity index (χ1n) is 4.42. The third-order valence-corrected chi connectivity index (χ3v) is 3.82. The highest BCUT2D eigenvalue weighted by molar-refractivity contribution is 9.10. The molecule has 0 saturated heterocycles. The van der Waals surface area contributed by atoms with Gasteiger partial charge < -0.3 is 4.74 Å². The Kier molecular flexibility index (Phi) is 1.34. The van der Waals surface area contributed by atoms with Gasteiger partial charge in [-0.15, -0.1) is 0 Å². The summed E-state index contributed by atoms with van der Waals surface area (Å²) in [6.07, 6.45) is 6.39. The van der Waals surface area contributed by atoms with Crippen molar-refractivity contribution in [2.45, 2.75) is 18.4 Å². The minimum Gasteiger partial charge on any atom is -0.384 e. The molecule has 0 bridgehead atoms. The number of halogens is 1. The van der Waals surface area contributed by atoms with Crippen LogP contribution in [0.25, 0.3) is 0 Å². The van der Waals surface area contributed by atoms with Crippen LogP contribution in [0.15, 0.2) is 16.9 Å². The molecule has 2 fully saturated rings. The molecule has 3 rings (SSSR count). The lowest BCUT2D eigenvalue weighted by atomic mass is 10.2. The SMILES string of the molecule is COCC12CC1(n1cc(Br)cn1)C2. The average molecular weight is 243 g/mol. The van der Waals surface area contributed by atoms with Crippen LogP contribution in [-0.2, 0) is 10.3 Å². The third kappa shape index (κ3) is 0.854. The zero-order chi connectivity index (χ0) is 9.10. The quantitative estimate of drug-likeness (QED) is 0.809. The molecule has 1 aromatic heterocycles. The van der Waals surface area contributed by atoms with E-state index in [0.717, 1.165) is 11.1 Å². The van der Waals surface area contributed by atoms with E-state index in [1.165, 1.54) is 12.8 Å². The molecular formula is C9H11BrN2O. The van der Waals surface area contributed by atoms with Gasteiger partial charge in [0.1, 0.15) is 0 Å². The Morgan fingerprint density at radius 3 is 3.00 bits per heavy atom. The van der Waals surface area contributed by atoms with Gasteiger partial charge in [-0.1, -0.05) is 0 Å². The minimum atomic E-state index is 0.328. The lowest BCUT2D eigenvalue weighted by Gasteiger charge is -2.00. The van der Waals surface area contributed by atoms with Gasteiger partial charge in [0.15, 0.2) is 0 Å². The molecule has 0 spiro atoms. The molecule has 3 nitrogen and oxygen atoms in total. The molecule has 1 aromatic rings. The molecule has 0 unspecified atom stereocenters. The Bertz CT molecular complexity index is 354. The summed E-state index contributed by atoms with van der Waals surface area (Å²) in [5.41, 5.74) is 0.766. The van der Waals surface area contributed by atoms with Crippen LogP contribution in [0.3, 0.4) is 0 Å². The van der Waals surface area contributed by atoms with E-state index >= 15 is 0 Å². The lowest BCUT2D eigenvalue weighted by molar-refractivity contribution is 0.164. The zero-order valence-corrected chi connectivity index (χ0v) is 9.04. The molecular weight excluding hydrogens is 232 g/mol. The van der Waals surface area contributed by atoms with Gasteiger partial charge in [0.2, 0.25) is 0 Å². The summed E-state index contributed by atoms with van der Waals surface area (Å²) in [6.45, 7) is 0.879. The molecule has 13 heavy (non-hydrogen) atoms. The summed E-state index contributed by atoms with van der Waals surface area (Å²) in [5.74, 6) is 0. The summed E-state index contributed by atoms with van der Waals surface area (Å²) in [4.78, 5) is 0. The van der Waals surface area contributed by atoms with Gasteiger partial charge in [0.05, 0.1) is 22.8 Å². The molecule has 0 amide bonds. The highest BCUT2D eigenvalue weighted by Gasteiger charge is 2.85. The summed E-state index contributed by atoms with van der Waals surface area (Å²) in [6, 6.07) is 0. The Hall–Kier alpha value is -0.350. The van der Waals surface area contributed by atoms with Crippen molar-refractivity contribution in [3.63, 3.8) is 0 Å². The Labute approximate surface area is 85.2 Å². The first-order valence-corrected chi connectivity index (χ1v) is 5.21. The van der Waals surface area contributed by atoms with Crippen LogP contribution in [0.2, 0.25) is 0 Å². The van der Waals surface area contributed by atoms with Crippen LogP contribution >= 0.6 is 15.9 Å². The second kappa shape index (κ2) is 2.17. The van der Waals surface area contributed by atoms with Crippen molar-refractivity contribution >= 4 is 15.9 Å². The molecule has 2 aliphatic rings. The highest BCUT2D eigenvalue weighted by atomic mass is 79.9. The normalized spacial score (nSPS) is 40.2. The molecule has 0 aliphatic heterocycles. The van der Waals surface area contributed by atoms with E-state index in [1.54, 1.807) is 7.11 Å². The Morgan fingerprint density at radius 2 is 2.46 bits per heavy atom. The van der Waals surface area contributed by atoms with Gasteiger partial charge in [-0.25, -0.2) is 0 Å². The molecule has 70 valence electrons. The average Bonchev–Trinajstić information content (AvgIpc) is 2.76. The molecule has 0 atom stereocenters. The third-order valence-electron chi connectivity index (χ3n) is 3.41.